The van der Waals surface area contributed by atoms with Crippen LogP contribution in [0.25, 0.3) is 0 Å². The third-order valence-corrected chi connectivity index (χ3v) is 4.94. The largest absolute Gasteiger partial charge is 0.497 e. The molecule has 2 amide bonds. The minimum absolute atomic E-state index is 0.0250. The lowest BCUT2D eigenvalue weighted by atomic mass is 10.1. The Balaban J connectivity index is 2.03. The number of amides is 2. The van der Waals surface area contributed by atoms with Crippen LogP contribution in [0.15, 0.2) is 18.2 Å². The van der Waals surface area contributed by atoms with Gasteiger partial charge in [0.2, 0.25) is 0 Å². The SMILES string of the molecule is COc1ccc(C(=O)O)c(NC(=O)NCC2(SC)CC2)c1. The normalized spacial score (nSPS) is 15.1. The van der Waals surface area contributed by atoms with E-state index in [1.807, 2.05) is 6.26 Å². The van der Waals surface area contributed by atoms with E-state index in [0.29, 0.717) is 12.3 Å². The lowest BCUT2D eigenvalue weighted by Gasteiger charge is -2.15. The molecule has 2 rings (SSSR count). The summed E-state index contributed by atoms with van der Waals surface area (Å²) in [5.74, 6) is -0.617. The summed E-state index contributed by atoms with van der Waals surface area (Å²) in [5, 5.41) is 14.5. The van der Waals surface area contributed by atoms with Gasteiger partial charge in [-0.15, -0.1) is 0 Å². The summed E-state index contributed by atoms with van der Waals surface area (Å²) in [7, 11) is 1.48. The molecule has 1 aromatic rings. The molecule has 0 unspecified atom stereocenters. The number of aromatic carboxylic acids is 1. The highest BCUT2D eigenvalue weighted by molar-refractivity contribution is 8.00. The number of hydrogen-bond donors (Lipinski definition) is 3. The molecule has 1 fully saturated rings. The summed E-state index contributed by atoms with van der Waals surface area (Å²) in [6.07, 6.45) is 4.21. The Hall–Kier alpha value is -1.89. The zero-order valence-corrected chi connectivity index (χ0v) is 12.8. The number of nitrogens with one attached hydrogen (secondary N) is 2. The van der Waals surface area contributed by atoms with Crippen LogP contribution in [0.4, 0.5) is 10.5 Å². The number of carboxylic acid groups (broad SMARTS) is 1. The number of hydrogen-bond acceptors (Lipinski definition) is 4. The van der Waals surface area contributed by atoms with Gasteiger partial charge < -0.3 is 20.5 Å². The highest BCUT2D eigenvalue weighted by Crippen LogP contribution is 2.46. The molecule has 6 nitrogen and oxygen atoms in total. The molecule has 1 aliphatic rings. The number of urea groups is 1. The molecule has 21 heavy (non-hydrogen) atoms. The zero-order chi connectivity index (χ0) is 15.5. The smallest absolute Gasteiger partial charge is 0.337 e. The van der Waals surface area contributed by atoms with Crippen molar-refractivity contribution in [1.82, 2.24) is 5.32 Å². The summed E-state index contributed by atoms with van der Waals surface area (Å²) in [6, 6.07) is 4.02. The molecule has 0 saturated heterocycles. The Morgan fingerprint density at radius 2 is 2.14 bits per heavy atom. The number of ether oxygens (including phenoxy) is 1. The van der Waals surface area contributed by atoms with E-state index in [0.717, 1.165) is 12.8 Å². The lowest BCUT2D eigenvalue weighted by molar-refractivity contribution is 0.0698. The van der Waals surface area contributed by atoms with E-state index in [1.54, 1.807) is 17.8 Å². The van der Waals surface area contributed by atoms with Gasteiger partial charge in [-0.25, -0.2) is 9.59 Å². The molecule has 1 saturated carbocycles. The first-order chi connectivity index (χ1) is 9.99. The quantitative estimate of drug-likeness (QED) is 0.751. The second kappa shape index (κ2) is 6.26. The van der Waals surface area contributed by atoms with Crippen molar-refractivity contribution in [3.05, 3.63) is 23.8 Å². The van der Waals surface area contributed by atoms with Crippen molar-refractivity contribution in [3.8, 4) is 5.75 Å². The van der Waals surface area contributed by atoms with Gasteiger partial charge in [-0.3, -0.25) is 0 Å². The average molecular weight is 310 g/mol. The first kappa shape index (κ1) is 15.5. The molecule has 0 aliphatic heterocycles. The zero-order valence-electron chi connectivity index (χ0n) is 11.9. The molecule has 0 spiro atoms. The van der Waals surface area contributed by atoms with Crippen LogP contribution in [0.5, 0.6) is 5.75 Å². The van der Waals surface area contributed by atoms with Gasteiger partial charge in [-0.1, -0.05) is 0 Å². The summed E-state index contributed by atoms with van der Waals surface area (Å²) in [4.78, 5) is 23.1. The van der Waals surface area contributed by atoms with Crippen molar-refractivity contribution >= 4 is 29.4 Å². The van der Waals surface area contributed by atoms with Gasteiger partial charge in [0.25, 0.3) is 0 Å². The maximum Gasteiger partial charge on any atom is 0.337 e. The maximum absolute atomic E-state index is 11.9. The van der Waals surface area contributed by atoms with Gasteiger partial charge in [-0.05, 0) is 31.2 Å². The van der Waals surface area contributed by atoms with Crippen LogP contribution in [0.3, 0.4) is 0 Å². The van der Waals surface area contributed by atoms with Gasteiger partial charge in [0.05, 0.1) is 18.4 Å². The highest BCUT2D eigenvalue weighted by Gasteiger charge is 2.41. The van der Waals surface area contributed by atoms with Crippen LogP contribution in [0.1, 0.15) is 23.2 Å². The molecule has 1 aromatic carbocycles. The minimum Gasteiger partial charge on any atom is -0.497 e. The molecule has 7 heteroatoms. The Kier molecular flexibility index (Phi) is 4.62. The molecule has 0 bridgehead atoms. The summed E-state index contributed by atoms with van der Waals surface area (Å²) in [6.45, 7) is 0.576. The highest BCUT2D eigenvalue weighted by atomic mass is 32.2. The van der Waals surface area contributed by atoms with Gasteiger partial charge in [-0.2, -0.15) is 11.8 Å². The van der Waals surface area contributed by atoms with Crippen molar-refractivity contribution < 1.29 is 19.4 Å². The van der Waals surface area contributed by atoms with E-state index in [4.69, 9.17) is 9.84 Å². The predicted octanol–water partition coefficient (Wildman–Crippen LogP) is 2.41. The second-order valence-electron chi connectivity index (χ2n) is 4.91. The van der Waals surface area contributed by atoms with Crippen LogP contribution in [-0.4, -0.2) is 41.8 Å². The fourth-order valence-corrected chi connectivity index (χ4v) is 2.67. The van der Waals surface area contributed by atoms with Crippen molar-refractivity contribution in [1.29, 1.82) is 0 Å². The number of anilines is 1. The van der Waals surface area contributed by atoms with Crippen molar-refractivity contribution in [2.24, 2.45) is 0 Å². The third-order valence-electron chi connectivity index (χ3n) is 3.52. The van der Waals surface area contributed by atoms with Crippen molar-refractivity contribution in [3.63, 3.8) is 0 Å². The fraction of sp³-hybridized carbons (Fsp3) is 0.429. The molecule has 114 valence electrons. The van der Waals surface area contributed by atoms with E-state index in [2.05, 4.69) is 10.6 Å². The molecule has 0 aromatic heterocycles. The number of thioether (sulfide) groups is 1. The van der Waals surface area contributed by atoms with Crippen molar-refractivity contribution in [2.75, 3.05) is 25.2 Å². The molecular weight excluding hydrogens is 292 g/mol. The number of carboxylic acids is 1. The van der Waals surface area contributed by atoms with Gasteiger partial charge >= 0.3 is 12.0 Å². The number of carbonyl (C=O) groups is 2. The van der Waals surface area contributed by atoms with Gasteiger partial charge in [0, 0.05) is 17.4 Å². The van der Waals surface area contributed by atoms with E-state index in [1.165, 1.54) is 19.2 Å². The Bertz CT molecular complexity index is 558. The topological polar surface area (TPSA) is 87.7 Å². The molecule has 3 N–H and O–H groups in total. The maximum atomic E-state index is 11.9. The summed E-state index contributed by atoms with van der Waals surface area (Å²) in [5.41, 5.74) is 0.241. The molecule has 0 atom stereocenters. The second-order valence-corrected chi connectivity index (χ2v) is 6.19. The van der Waals surface area contributed by atoms with Crippen LogP contribution >= 0.6 is 11.8 Å². The average Bonchev–Trinajstić information content (AvgIpc) is 3.25. The Morgan fingerprint density at radius 1 is 1.43 bits per heavy atom. The fourth-order valence-electron chi connectivity index (χ4n) is 1.94. The Morgan fingerprint density at radius 3 is 2.67 bits per heavy atom. The summed E-state index contributed by atoms with van der Waals surface area (Å²) < 4.78 is 5.20. The number of methoxy groups -OCH3 is 1. The van der Waals surface area contributed by atoms with Crippen LogP contribution in [-0.2, 0) is 0 Å². The van der Waals surface area contributed by atoms with E-state index in [9.17, 15) is 9.59 Å². The van der Waals surface area contributed by atoms with Gasteiger partial charge in [0.15, 0.2) is 0 Å². The number of carbonyl (C=O) groups excluding carboxylic acids is 1. The molecule has 1 aliphatic carbocycles. The molecule has 0 heterocycles. The van der Waals surface area contributed by atoms with Gasteiger partial charge in [0.1, 0.15) is 5.75 Å². The number of rotatable bonds is 6. The first-order valence-corrected chi connectivity index (χ1v) is 7.73. The molecular formula is C14H18N2O4S. The van der Waals surface area contributed by atoms with E-state index in [-0.39, 0.29) is 16.0 Å². The third kappa shape index (κ3) is 3.81. The van der Waals surface area contributed by atoms with Crippen LogP contribution in [0, 0.1) is 0 Å². The lowest BCUT2D eigenvalue weighted by Crippen LogP contribution is -2.35. The van der Waals surface area contributed by atoms with Crippen molar-refractivity contribution in [2.45, 2.75) is 17.6 Å². The first-order valence-electron chi connectivity index (χ1n) is 6.51. The Labute approximate surface area is 127 Å². The van der Waals surface area contributed by atoms with Crippen LogP contribution in [0.2, 0.25) is 0 Å². The monoisotopic (exact) mass is 310 g/mol. The number of benzene rings is 1. The predicted molar refractivity (Wildman–Crippen MR) is 82.5 cm³/mol. The minimum atomic E-state index is -1.10. The van der Waals surface area contributed by atoms with Crippen LogP contribution < -0.4 is 15.4 Å². The van der Waals surface area contributed by atoms with E-state index < -0.39 is 12.0 Å². The molecule has 0 radical (unpaired) electrons. The summed E-state index contributed by atoms with van der Waals surface area (Å²) >= 11 is 1.74. The van der Waals surface area contributed by atoms with E-state index >= 15 is 0 Å². The standard InChI is InChI=1S/C14H18N2O4S/c1-20-9-3-4-10(12(17)18)11(7-9)16-13(19)15-8-14(21-2)5-6-14/h3-4,7H,5-6,8H2,1-2H3,(H,17,18)(H2,15,16,19).